The van der Waals surface area contributed by atoms with Crippen molar-refractivity contribution < 1.29 is 13.2 Å². The fourth-order valence-electron chi connectivity index (χ4n) is 1.97. The van der Waals surface area contributed by atoms with Crippen LogP contribution in [0.2, 0.25) is 5.02 Å². The molecule has 4 nitrogen and oxygen atoms in total. The summed E-state index contributed by atoms with van der Waals surface area (Å²) in [7, 11) is -3.53. The number of hydrogen-bond donors (Lipinski definition) is 1. The van der Waals surface area contributed by atoms with E-state index in [2.05, 4.69) is 26.1 Å². The standard InChI is InChI=1S/C16H24ClNO3S/c1-16(2,3)10-6-11-18-15(19)9-12-22(20,21)14-8-5-4-7-13(14)17/h4-5,7-8H,6,9-12H2,1-3H3,(H,18,19). The summed E-state index contributed by atoms with van der Waals surface area (Å²) in [4.78, 5) is 11.8. The van der Waals surface area contributed by atoms with Crippen molar-refractivity contribution in [1.29, 1.82) is 0 Å². The number of hydrogen-bond acceptors (Lipinski definition) is 3. The third kappa shape index (κ3) is 6.79. The van der Waals surface area contributed by atoms with Gasteiger partial charge in [0.1, 0.15) is 0 Å². The number of carbonyl (C=O) groups excluding carboxylic acids is 1. The lowest BCUT2D eigenvalue weighted by molar-refractivity contribution is -0.120. The predicted molar refractivity (Wildman–Crippen MR) is 89.8 cm³/mol. The van der Waals surface area contributed by atoms with Gasteiger partial charge in [-0.2, -0.15) is 0 Å². The molecule has 0 aliphatic heterocycles. The summed E-state index contributed by atoms with van der Waals surface area (Å²) in [6.45, 7) is 7.00. The largest absolute Gasteiger partial charge is 0.356 e. The van der Waals surface area contributed by atoms with Crippen LogP contribution in [-0.4, -0.2) is 26.6 Å². The normalized spacial score (nSPS) is 12.2. The second kappa shape index (κ2) is 7.97. The summed E-state index contributed by atoms with van der Waals surface area (Å²) < 4.78 is 24.3. The van der Waals surface area contributed by atoms with Gasteiger partial charge in [-0.1, -0.05) is 44.5 Å². The number of amides is 1. The summed E-state index contributed by atoms with van der Waals surface area (Å²) in [5.41, 5.74) is 0.234. The van der Waals surface area contributed by atoms with E-state index >= 15 is 0 Å². The fourth-order valence-corrected chi connectivity index (χ4v) is 3.78. The van der Waals surface area contributed by atoms with Gasteiger partial charge >= 0.3 is 0 Å². The molecule has 124 valence electrons. The minimum Gasteiger partial charge on any atom is -0.356 e. The quantitative estimate of drug-likeness (QED) is 0.770. The first-order chi connectivity index (χ1) is 10.1. The van der Waals surface area contributed by atoms with Crippen LogP contribution in [-0.2, 0) is 14.6 Å². The topological polar surface area (TPSA) is 63.2 Å². The Kier molecular flexibility index (Phi) is 6.88. The molecular weight excluding hydrogens is 322 g/mol. The first-order valence-corrected chi connectivity index (χ1v) is 9.39. The third-order valence-electron chi connectivity index (χ3n) is 3.20. The lowest BCUT2D eigenvalue weighted by Gasteiger charge is -2.17. The average molecular weight is 346 g/mol. The second-order valence-electron chi connectivity index (χ2n) is 6.51. The summed E-state index contributed by atoms with van der Waals surface area (Å²) in [5.74, 6) is -0.480. The first kappa shape index (κ1) is 19.0. The number of nitrogens with one attached hydrogen (secondary N) is 1. The molecule has 0 saturated heterocycles. The molecule has 1 rings (SSSR count). The SMILES string of the molecule is CC(C)(C)CCCNC(=O)CCS(=O)(=O)c1ccccc1Cl. The van der Waals surface area contributed by atoms with Crippen LogP contribution in [0.15, 0.2) is 29.2 Å². The van der Waals surface area contributed by atoms with Crippen LogP contribution in [0.3, 0.4) is 0 Å². The molecule has 0 aromatic heterocycles. The van der Waals surface area contributed by atoms with Gasteiger partial charge < -0.3 is 5.32 Å². The minimum atomic E-state index is -3.53. The van der Waals surface area contributed by atoms with Crippen molar-refractivity contribution in [2.24, 2.45) is 5.41 Å². The molecule has 22 heavy (non-hydrogen) atoms. The first-order valence-electron chi connectivity index (χ1n) is 7.36. The number of carbonyl (C=O) groups is 1. The fraction of sp³-hybridized carbons (Fsp3) is 0.562. The Morgan fingerprint density at radius 2 is 1.86 bits per heavy atom. The van der Waals surface area contributed by atoms with Gasteiger partial charge in [0.15, 0.2) is 9.84 Å². The molecule has 0 spiro atoms. The van der Waals surface area contributed by atoms with E-state index in [0.29, 0.717) is 6.54 Å². The van der Waals surface area contributed by atoms with Crippen molar-refractivity contribution in [1.82, 2.24) is 5.32 Å². The maximum atomic E-state index is 12.2. The van der Waals surface area contributed by atoms with E-state index in [1.54, 1.807) is 12.1 Å². The zero-order valence-electron chi connectivity index (χ0n) is 13.4. The molecule has 1 N–H and O–H groups in total. The van der Waals surface area contributed by atoms with Gasteiger partial charge in [-0.25, -0.2) is 8.42 Å². The van der Waals surface area contributed by atoms with Gasteiger partial charge in [0.05, 0.1) is 15.7 Å². The van der Waals surface area contributed by atoms with Crippen molar-refractivity contribution in [2.75, 3.05) is 12.3 Å². The van der Waals surface area contributed by atoms with Crippen molar-refractivity contribution in [3.05, 3.63) is 29.3 Å². The van der Waals surface area contributed by atoms with E-state index in [1.165, 1.54) is 12.1 Å². The number of sulfone groups is 1. The number of halogens is 1. The molecule has 1 aromatic rings. The average Bonchev–Trinajstić information content (AvgIpc) is 2.41. The van der Waals surface area contributed by atoms with Crippen LogP contribution < -0.4 is 5.32 Å². The number of rotatable bonds is 7. The molecule has 0 radical (unpaired) electrons. The van der Waals surface area contributed by atoms with Crippen LogP contribution in [0.4, 0.5) is 0 Å². The molecule has 0 aliphatic carbocycles. The highest BCUT2D eigenvalue weighted by Gasteiger charge is 2.19. The van der Waals surface area contributed by atoms with Gasteiger partial charge in [-0.15, -0.1) is 0 Å². The summed E-state index contributed by atoms with van der Waals surface area (Å²) >= 11 is 5.89. The molecular formula is C16H24ClNO3S. The Hall–Kier alpha value is -1.07. The molecule has 1 aromatic carbocycles. The van der Waals surface area contributed by atoms with Crippen molar-refractivity contribution in [3.8, 4) is 0 Å². The van der Waals surface area contributed by atoms with E-state index in [-0.39, 0.29) is 33.4 Å². The number of benzene rings is 1. The van der Waals surface area contributed by atoms with Crippen LogP contribution >= 0.6 is 11.6 Å². The van der Waals surface area contributed by atoms with Crippen LogP contribution in [0, 0.1) is 5.41 Å². The molecule has 0 fully saturated rings. The van der Waals surface area contributed by atoms with E-state index < -0.39 is 9.84 Å². The van der Waals surface area contributed by atoms with Crippen LogP contribution in [0.5, 0.6) is 0 Å². The highest BCUT2D eigenvalue weighted by atomic mass is 35.5. The summed E-state index contributed by atoms with van der Waals surface area (Å²) in [6.07, 6.45) is 1.83. The molecule has 0 aliphatic rings. The van der Waals surface area contributed by atoms with Gasteiger partial charge in [0.25, 0.3) is 0 Å². The Balaban J connectivity index is 2.42. The molecule has 1 amide bonds. The Labute approximate surface area is 138 Å². The lowest BCUT2D eigenvalue weighted by atomic mass is 9.91. The van der Waals surface area contributed by atoms with Gasteiger partial charge in [-0.05, 0) is 30.4 Å². The lowest BCUT2D eigenvalue weighted by Crippen LogP contribution is -2.27. The van der Waals surface area contributed by atoms with Gasteiger partial charge in [0, 0.05) is 13.0 Å². The van der Waals surface area contributed by atoms with Gasteiger partial charge in [0.2, 0.25) is 5.91 Å². The molecule has 0 heterocycles. The smallest absolute Gasteiger partial charge is 0.221 e. The van der Waals surface area contributed by atoms with Crippen LogP contribution in [0.25, 0.3) is 0 Å². The zero-order valence-corrected chi connectivity index (χ0v) is 14.9. The zero-order chi connectivity index (χ0) is 16.8. The molecule has 0 bridgehead atoms. The third-order valence-corrected chi connectivity index (χ3v) is 5.40. The summed E-state index contributed by atoms with van der Waals surface area (Å²) in [5, 5.41) is 2.95. The molecule has 0 saturated carbocycles. The Morgan fingerprint density at radius 3 is 2.45 bits per heavy atom. The minimum absolute atomic E-state index is 0.0525. The highest BCUT2D eigenvalue weighted by molar-refractivity contribution is 7.91. The van der Waals surface area contributed by atoms with E-state index in [4.69, 9.17) is 11.6 Å². The molecule has 6 heteroatoms. The Morgan fingerprint density at radius 1 is 1.23 bits per heavy atom. The maximum Gasteiger partial charge on any atom is 0.221 e. The van der Waals surface area contributed by atoms with Crippen molar-refractivity contribution >= 4 is 27.3 Å². The van der Waals surface area contributed by atoms with E-state index in [0.717, 1.165) is 12.8 Å². The summed E-state index contributed by atoms with van der Waals surface area (Å²) in [6, 6.07) is 6.27. The van der Waals surface area contributed by atoms with E-state index in [1.807, 2.05) is 0 Å². The monoisotopic (exact) mass is 345 g/mol. The van der Waals surface area contributed by atoms with E-state index in [9.17, 15) is 13.2 Å². The highest BCUT2D eigenvalue weighted by Crippen LogP contribution is 2.22. The predicted octanol–water partition coefficient (Wildman–Crippen LogP) is 3.45. The van der Waals surface area contributed by atoms with Crippen LogP contribution in [0.1, 0.15) is 40.0 Å². The molecule has 0 atom stereocenters. The molecule has 0 unspecified atom stereocenters. The maximum absolute atomic E-state index is 12.2. The second-order valence-corrected chi connectivity index (χ2v) is 9.00. The van der Waals surface area contributed by atoms with Crippen molar-refractivity contribution in [3.63, 3.8) is 0 Å². The van der Waals surface area contributed by atoms with Crippen molar-refractivity contribution in [2.45, 2.75) is 44.9 Å². The van der Waals surface area contributed by atoms with Gasteiger partial charge in [-0.3, -0.25) is 4.79 Å². The Bertz CT molecular complexity index is 606.